The zero-order chi connectivity index (χ0) is 30.9. The van der Waals surface area contributed by atoms with Crippen LogP contribution in [0.2, 0.25) is 18.1 Å². The van der Waals surface area contributed by atoms with Crippen LogP contribution in [0, 0.1) is 5.41 Å². The van der Waals surface area contributed by atoms with E-state index in [0.29, 0.717) is 31.6 Å². The van der Waals surface area contributed by atoms with E-state index in [0.717, 1.165) is 53.1 Å². The van der Waals surface area contributed by atoms with E-state index in [2.05, 4.69) is 47.7 Å². The second-order valence-corrected chi connectivity index (χ2v) is 19.4. The van der Waals surface area contributed by atoms with E-state index in [4.69, 9.17) is 23.6 Å². The molecule has 1 aromatic heterocycles. The summed E-state index contributed by atoms with van der Waals surface area (Å²) in [5.74, 6) is 0. The Labute approximate surface area is 249 Å². The lowest BCUT2D eigenvalue weighted by atomic mass is 9.70. The van der Waals surface area contributed by atoms with Gasteiger partial charge in [0, 0.05) is 50.0 Å². The van der Waals surface area contributed by atoms with Crippen molar-refractivity contribution >= 4 is 8.32 Å². The summed E-state index contributed by atoms with van der Waals surface area (Å²) < 4.78 is 66.4. The van der Waals surface area contributed by atoms with Crippen LogP contribution >= 0.6 is 0 Å². The predicted molar refractivity (Wildman–Crippen MR) is 159 cm³/mol. The maximum atomic E-state index is 13.5. The van der Waals surface area contributed by atoms with Gasteiger partial charge in [-0.1, -0.05) is 46.8 Å². The van der Waals surface area contributed by atoms with Crippen molar-refractivity contribution in [1.82, 2.24) is 4.98 Å². The number of nitrogens with zero attached hydrogens (tertiary/aromatic N) is 1. The number of pyridine rings is 1. The summed E-state index contributed by atoms with van der Waals surface area (Å²) in [4.78, 5) is 5.32. The van der Waals surface area contributed by atoms with Crippen LogP contribution in [0.5, 0.6) is 0 Å². The van der Waals surface area contributed by atoms with E-state index in [1.807, 2.05) is 6.92 Å². The number of aromatic nitrogens is 1. The highest BCUT2D eigenvalue weighted by Gasteiger charge is 2.54. The molecule has 5 nitrogen and oxygen atoms in total. The Hall–Kier alpha value is -1.78. The van der Waals surface area contributed by atoms with Gasteiger partial charge in [-0.3, -0.25) is 4.98 Å². The molecule has 2 aliphatic heterocycles. The molecule has 1 aromatic carbocycles. The molecule has 1 saturated heterocycles. The summed E-state index contributed by atoms with van der Waals surface area (Å²) in [5, 5.41) is 0.0193. The maximum absolute atomic E-state index is 13.5. The van der Waals surface area contributed by atoms with E-state index < -0.39 is 31.8 Å². The molecule has 0 amide bonds. The first kappa shape index (κ1) is 31.6. The van der Waals surface area contributed by atoms with E-state index in [1.165, 1.54) is 0 Å². The molecule has 0 bridgehead atoms. The molecular weight excluding hydrogens is 559 g/mol. The molecule has 1 fully saturated rings. The second-order valence-electron chi connectivity index (χ2n) is 14.7. The number of methoxy groups -OCH3 is 1. The fourth-order valence-corrected chi connectivity index (χ4v) is 7.87. The first-order chi connectivity index (χ1) is 19.4. The van der Waals surface area contributed by atoms with Crippen molar-refractivity contribution in [2.75, 3.05) is 20.3 Å². The lowest BCUT2D eigenvalue weighted by Crippen LogP contribution is -2.45. The Morgan fingerprint density at radius 3 is 2.19 bits per heavy atom. The van der Waals surface area contributed by atoms with Crippen LogP contribution in [-0.4, -0.2) is 33.6 Å². The molecule has 0 saturated carbocycles. The number of alkyl halides is 3. The first-order valence-corrected chi connectivity index (χ1v) is 18.0. The van der Waals surface area contributed by atoms with E-state index in [-0.39, 0.29) is 22.7 Å². The average Bonchev–Trinajstić information content (AvgIpc) is 3.20. The summed E-state index contributed by atoms with van der Waals surface area (Å²) in [5.41, 5.74) is 4.31. The zero-order valence-corrected chi connectivity index (χ0v) is 27.5. The van der Waals surface area contributed by atoms with Crippen molar-refractivity contribution in [3.05, 3.63) is 63.5 Å². The van der Waals surface area contributed by atoms with Gasteiger partial charge >= 0.3 is 6.18 Å². The molecule has 3 unspecified atom stereocenters. The summed E-state index contributed by atoms with van der Waals surface area (Å²) in [6.07, 6.45) is -2.50. The van der Waals surface area contributed by atoms with Gasteiger partial charge in [0.1, 0.15) is 6.10 Å². The number of hydrogen-bond acceptors (Lipinski definition) is 5. The van der Waals surface area contributed by atoms with Gasteiger partial charge in [0.05, 0.1) is 29.1 Å². The Bertz CT molecular complexity index is 1310. The number of benzene rings is 1. The highest BCUT2D eigenvalue weighted by atomic mass is 28.4. The Balaban J connectivity index is 1.78. The van der Waals surface area contributed by atoms with Gasteiger partial charge in [-0.2, -0.15) is 13.2 Å². The van der Waals surface area contributed by atoms with Gasteiger partial charge in [-0.05, 0) is 66.6 Å². The third-order valence-electron chi connectivity index (χ3n) is 9.97. The van der Waals surface area contributed by atoms with E-state index in [9.17, 15) is 13.2 Å². The molecule has 5 rings (SSSR count). The van der Waals surface area contributed by atoms with Crippen molar-refractivity contribution in [2.24, 2.45) is 5.41 Å². The molecule has 42 heavy (non-hydrogen) atoms. The Morgan fingerprint density at radius 2 is 1.64 bits per heavy atom. The summed E-state index contributed by atoms with van der Waals surface area (Å²) in [7, 11) is -0.524. The molecule has 1 spiro atoms. The molecule has 2 aromatic rings. The maximum Gasteiger partial charge on any atom is 0.416 e. The van der Waals surface area contributed by atoms with Crippen LogP contribution in [0.15, 0.2) is 24.3 Å². The van der Waals surface area contributed by atoms with Crippen molar-refractivity contribution < 1.29 is 31.8 Å². The van der Waals surface area contributed by atoms with Crippen molar-refractivity contribution in [1.29, 1.82) is 0 Å². The molecule has 3 atom stereocenters. The lowest BCUT2D eigenvalue weighted by Gasteiger charge is -2.46. The molecule has 0 N–H and O–H groups in total. The summed E-state index contributed by atoms with van der Waals surface area (Å²) in [6.45, 7) is 19.0. The smallest absolute Gasteiger partial charge is 0.410 e. The van der Waals surface area contributed by atoms with Gasteiger partial charge in [0.15, 0.2) is 8.32 Å². The molecule has 3 heterocycles. The van der Waals surface area contributed by atoms with Crippen molar-refractivity contribution in [3.63, 3.8) is 0 Å². The van der Waals surface area contributed by atoms with Gasteiger partial charge in [-0.15, -0.1) is 0 Å². The van der Waals surface area contributed by atoms with Gasteiger partial charge in [0.25, 0.3) is 0 Å². The summed E-state index contributed by atoms with van der Waals surface area (Å²) >= 11 is 0. The van der Waals surface area contributed by atoms with E-state index in [1.54, 1.807) is 19.2 Å². The monoisotopic (exact) mass is 605 g/mol. The number of ether oxygens (including phenoxy) is 3. The van der Waals surface area contributed by atoms with Crippen LogP contribution in [0.25, 0.3) is 0 Å². The molecule has 9 heteroatoms. The number of rotatable bonds is 5. The predicted octanol–water partition coefficient (Wildman–Crippen LogP) is 8.97. The zero-order valence-electron chi connectivity index (χ0n) is 26.5. The quantitative estimate of drug-likeness (QED) is 0.319. The molecule has 3 aliphatic rings. The average molecular weight is 606 g/mol. The highest BCUT2D eigenvalue weighted by molar-refractivity contribution is 6.74. The minimum Gasteiger partial charge on any atom is -0.410 e. The first-order valence-electron chi connectivity index (χ1n) is 15.1. The normalized spacial score (nSPS) is 24.4. The Kier molecular flexibility index (Phi) is 8.05. The third-order valence-corrected chi connectivity index (χ3v) is 14.5. The van der Waals surface area contributed by atoms with E-state index >= 15 is 0 Å². The minimum absolute atomic E-state index is 0.0193. The standard InChI is InChI=1S/C33H46F3NO4Si/c1-20(38-7)28-26-27(25-23(37-28)18-31(5,6)19-24(25)41-42(8,9)30(2,3)4)32(14-16-39-17-15-32)40-29(26)21-10-12-22(13-11-21)33(34,35)36/h10-13,20,24,29H,14-19H2,1-9H3. The number of halogens is 3. The van der Waals surface area contributed by atoms with Crippen molar-refractivity contribution in [2.45, 2.75) is 115 Å². The molecule has 0 radical (unpaired) electrons. The number of hydrogen-bond donors (Lipinski definition) is 0. The van der Waals surface area contributed by atoms with Gasteiger partial charge in [-0.25, -0.2) is 0 Å². The van der Waals surface area contributed by atoms with Crippen LogP contribution in [-0.2, 0) is 36.8 Å². The molecular formula is C33H46F3NO4Si. The van der Waals surface area contributed by atoms with Crippen LogP contribution in [0.3, 0.4) is 0 Å². The molecule has 232 valence electrons. The van der Waals surface area contributed by atoms with Crippen molar-refractivity contribution in [3.8, 4) is 0 Å². The fraction of sp³-hybridized carbons (Fsp3) is 0.667. The topological polar surface area (TPSA) is 49.8 Å². The van der Waals surface area contributed by atoms with Crippen LogP contribution in [0.1, 0.15) is 118 Å². The SMILES string of the molecule is COC(C)c1nc2c(c3c1C(c1ccc(C(F)(F)F)cc1)OC31CCOCC1)C(O[Si](C)(C)C(C)(C)C)CC(C)(C)C2. The third kappa shape index (κ3) is 5.60. The van der Waals surface area contributed by atoms with Gasteiger partial charge in [0.2, 0.25) is 0 Å². The molecule has 1 aliphatic carbocycles. The van der Waals surface area contributed by atoms with Crippen LogP contribution < -0.4 is 0 Å². The fourth-order valence-electron chi connectivity index (χ4n) is 6.60. The second kappa shape index (κ2) is 10.7. The van der Waals surface area contributed by atoms with Crippen LogP contribution in [0.4, 0.5) is 13.2 Å². The minimum atomic E-state index is -4.41. The number of fused-ring (bicyclic) bond motifs is 4. The Morgan fingerprint density at radius 1 is 1.02 bits per heavy atom. The largest absolute Gasteiger partial charge is 0.416 e. The summed E-state index contributed by atoms with van der Waals surface area (Å²) in [6, 6.07) is 5.38. The highest BCUT2D eigenvalue weighted by Crippen LogP contribution is 2.59. The van der Waals surface area contributed by atoms with Gasteiger partial charge < -0.3 is 18.6 Å². The lowest BCUT2D eigenvalue weighted by molar-refractivity contribution is -0.137.